The van der Waals surface area contributed by atoms with E-state index in [-0.39, 0.29) is 12.0 Å². The second-order valence-electron chi connectivity index (χ2n) is 6.18. The number of rotatable bonds is 4. The number of carbonyl (C=O) groups is 1. The van der Waals surface area contributed by atoms with E-state index >= 15 is 0 Å². The molecule has 2 aromatic heterocycles. The molecule has 2 fully saturated rings. The van der Waals surface area contributed by atoms with Crippen molar-refractivity contribution in [3.05, 3.63) is 35.5 Å². The number of anilines is 1. The summed E-state index contributed by atoms with van der Waals surface area (Å²) in [5.74, 6) is 1.75. The Bertz CT molecular complexity index is 700. The zero-order valence-corrected chi connectivity index (χ0v) is 14.2. The van der Waals surface area contributed by atoms with Crippen LogP contribution in [0.4, 0.5) is 5.82 Å². The number of hydrogen-bond acceptors (Lipinski definition) is 6. The van der Waals surface area contributed by atoms with Gasteiger partial charge in [-0.3, -0.25) is 4.79 Å². The smallest absolute Gasteiger partial charge is 0.273 e. The van der Waals surface area contributed by atoms with Crippen molar-refractivity contribution in [3.8, 4) is 5.75 Å². The molecule has 4 heterocycles. The van der Waals surface area contributed by atoms with Gasteiger partial charge in [-0.1, -0.05) is 0 Å². The van der Waals surface area contributed by atoms with Crippen molar-refractivity contribution in [2.75, 3.05) is 31.1 Å². The highest BCUT2D eigenvalue weighted by atomic mass is 32.1. The van der Waals surface area contributed by atoms with Crippen molar-refractivity contribution < 1.29 is 9.53 Å². The summed E-state index contributed by atoms with van der Waals surface area (Å²) in [6.07, 6.45) is 5.07. The van der Waals surface area contributed by atoms with E-state index in [0.717, 1.165) is 31.1 Å². The lowest BCUT2D eigenvalue weighted by molar-refractivity contribution is 0.0768. The highest BCUT2D eigenvalue weighted by Crippen LogP contribution is 2.30. The normalized spacial score (nSPS) is 20.6. The highest BCUT2D eigenvalue weighted by Gasteiger charge is 2.30. The van der Waals surface area contributed by atoms with Crippen LogP contribution in [0.2, 0.25) is 0 Å². The average Bonchev–Trinajstić information content (AvgIpc) is 3.36. The largest absolute Gasteiger partial charge is 0.485 e. The molecule has 2 aliphatic rings. The first kappa shape index (κ1) is 15.4. The topological polar surface area (TPSA) is 58.6 Å². The molecule has 0 aromatic carbocycles. The number of pyridine rings is 1. The molecular weight excluding hydrogens is 324 g/mol. The molecule has 0 unspecified atom stereocenters. The monoisotopic (exact) mass is 344 g/mol. The summed E-state index contributed by atoms with van der Waals surface area (Å²) in [7, 11) is 0. The number of amides is 1. The van der Waals surface area contributed by atoms with Crippen molar-refractivity contribution in [1.29, 1.82) is 0 Å². The molecule has 7 heteroatoms. The molecule has 126 valence electrons. The minimum atomic E-state index is -0.00620. The number of ether oxygens (including phenoxy) is 1. The SMILES string of the molecule is O=C(c1ccsn1)N1CC[C@@H](Oc2cccnc2N2CCCC2)C1. The Labute approximate surface area is 145 Å². The third kappa shape index (κ3) is 3.08. The highest BCUT2D eigenvalue weighted by molar-refractivity contribution is 7.03. The quantitative estimate of drug-likeness (QED) is 0.853. The number of nitrogens with zero attached hydrogens (tertiary/aromatic N) is 4. The summed E-state index contributed by atoms with van der Waals surface area (Å²) in [5, 5.41) is 1.83. The number of carbonyl (C=O) groups excluding carboxylic acids is 1. The molecule has 0 aliphatic carbocycles. The van der Waals surface area contributed by atoms with E-state index in [1.165, 1.54) is 24.4 Å². The van der Waals surface area contributed by atoms with Crippen LogP contribution < -0.4 is 9.64 Å². The predicted molar refractivity (Wildman–Crippen MR) is 92.7 cm³/mol. The Morgan fingerprint density at radius 3 is 2.92 bits per heavy atom. The third-order valence-electron chi connectivity index (χ3n) is 4.54. The molecule has 0 saturated carbocycles. The van der Waals surface area contributed by atoms with Gasteiger partial charge in [-0.05, 0) is 42.6 Å². The molecule has 2 aromatic rings. The van der Waals surface area contributed by atoms with Crippen LogP contribution in [-0.4, -0.2) is 52.4 Å². The van der Waals surface area contributed by atoms with Gasteiger partial charge in [0.2, 0.25) is 0 Å². The summed E-state index contributed by atoms with van der Waals surface area (Å²) >= 11 is 1.30. The minimum absolute atomic E-state index is 0.00620. The van der Waals surface area contributed by atoms with Crippen LogP contribution in [0.3, 0.4) is 0 Å². The lowest BCUT2D eigenvalue weighted by Gasteiger charge is -2.22. The van der Waals surface area contributed by atoms with Gasteiger partial charge in [0.15, 0.2) is 11.6 Å². The summed E-state index contributed by atoms with van der Waals surface area (Å²) in [5.41, 5.74) is 0.528. The van der Waals surface area contributed by atoms with Crippen molar-refractivity contribution >= 4 is 23.3 Å². The van der Waals surface area contributed by atoms with Crippen LogP contribution >= 0.6 is 11.5 Å². The molecule has 6 nitrogen and oxygen atoms in total. The first-order chi connectivity index (χ1) is 11.8. The second kappa shape index (κ2) is 6.76. The van der Waals surface area contributed by atoms with Crippen LogP contribution in [0.15, 0.2) is 29.8 Å². The van der Waals surface area contributed by atoms with E-state index in [9.17, 15) is 4.79 Å². The number of aromatic nitrogens is 2. The van der Waals surface area contributed by atoms with Gasteiger partial charge in [0, 0.05) is 37.6 Å². The fourth-order valence-corrected chi connectivity index (χ4v) is 3.82. The molecule has 0 radical (unpaired) electrons. The number of hydrogen-bond donors (Lipinski definition) is 0. The molecular formula is C17H20N4O2S. The summed E-state index contributed by atoms with van der Waals surface area (Å²) in [6.45, 7) is 3.38. The van der Waals surface area contributed by atoms with Gasteiger partial charge in [0.25, 0.3) is 5.91 Å². The average molecular weight is 344 g/mol. The molecule has 2 aliphatic heterocycles. The number of likely N-dealkylation sites (tertiary alicyclic amines) is 1. The van der Waals surface area contributed by atoms with Gasteiger partial charge in [-0.25, -0.2) is 4.98 Å². The van der Waals surface area contributed by atoms with Crippen molar-refractivity contribution in [1.82, 2.24) is 14.3 Å². The minimum Gasteiger partial charge on any atom is -0.485 e. The van der Waals surface area contributed by atoms with E-state index < -0.39 is 0 Å². The standard InChI is InChI=1S/C17H20N4O2S/c22-17(14-6-11-24-19-14)21-10-5-13(12-21)23-15-4-3-7-18-16(15)20-8-1-2-9-20/h3-4,6-7,11,13H,1-2,5,8-10,12H2/t13-/m1/s1. The summed E-state index contributed by atoms with van der Waals surface area (Å²) in [6, 6.07) is 5.65. The summed E-state index contributed by atoms with van der Waals surface area (Å²) in [4.78, 5) is 21.0. The van der Waals surface area contributed by atoms with Gasteiger partial charge in [-0.2, -0.15) is 4.37 Å². The maximum absolute atomic E-state index is 12.4. The fraction of sp³-hybridized carbons (Fsp3) is 0.471. The first-order valence-corrected chi connectivity index (χ1v) is 9.21. The van der Waals surface area contributed by atoms with E-state index in [1.807, 2.05) is 28.6 Å². The Morgan fingerprint density at radius 1 is 1.25 bits per heavy atom. The van der Waals surface area contributed by atoms with Crippen LogP contribution in [0.25, 0.3) is 0 Å². The van der Waals surface area contributed by atoms with E-state index in [0.29, 0.717) is 18.8 Å². The lowest BCUT2D eigenvalue weighted by atomic mass is 10.3. The van der Waals surface area contributed by atoms with Crippen LogP contribution in [0.5, 0.6) is 5.75 Å². The molecule has 0 bridgehead atoms. The maximum Gasteiger partial charge on any atom is 0.273 e. The van der Waals surface area contributed by atoms with Gasteiger partial charge >= 0.3 is 0 Å². The first-order valence-electron chi connectivity index (χ1n) is 8.37. The van der Waals surface area contributed by atoms with Gasteiger partial charge < -0.3 is 14.5 Å². The van der Waals surface area contributed by atoms with E-state index in [4.69, 9.17) is 4.74 Å². The molecule has 0 spiro atoms. The van der Waals surface area contributed by atoms with E-state index in [2.05, 4.69) is 14.3 Å². The molecule has 2 saturated heterocycles. The third-order valence-corrected chi connectivity index (χ3v) is 5.10. The molecule has 1 amide bonds. The van der Waals surface area contributed by atoms with Crippen LogP contribution in [0.1, 0.15) is 29.8 Å². The van der Waals surface area contributed by atoms with Crippen molar-refractivity contribution in [2.45, 2.75) is 25.4 Å². The molecule has 1 atom stereocenters. The van der Waals surface area contributed by atoms with Crippen molar-refractivity contribution in [2.24, 2.45) is 0 Å². The van der Waals surface area contributed by atoms with Gasteiger partial charge in [0.1, 0.15) is 11.8 Å². The molecule has 24 heavy (non-hydrogen) atoms. The molecule has 0 N–H and O–H groups in total. The predicted octanol–water partition coefficient (Wildman–Crippen LogP) is 2.43. The van der Waals surface area contributed by atoms with Crippen LogP contribution in [0, 0.1) is 0 Å². The Morgan fingerprint density at radius 2 is 2.12 bits per heavy atom. The second-order valence-corrected chi connectivity index (χ2v) is 6.85. The van der Waals surface area contributed by atoms with Crippen molar-refractivity contribution in [3.63, 3.8) is 0 Å². The van der Waals surface area contributed by atoms with Gasteiger partial charge in [-0.15, -0.1) is 0 Å². The maximum atomic E-state index is 12.4. The molecule has 4 rings (SSSR count). The lowest BCUT2D eigenvalue weighted by Crippen LogP contribution is -2.31. The summed E-state index contributed by atoms with van der Waals surface area (Å²) < 4.78 is 10.3. The van der Waals surface area contributed by atoms with Gasteiger partial charge in [0.05, 0.1) is 6.54 Å². The zero-order chi connectivity index (χ0) is 16.4. The van der Waals surface area contributed by atoms with E-state index in [1.54, 1.807) is 6.07 Å². The fourth-order valence-electron chi connectivity index (χ4n) is 3.31. The van der Waals surface area contributed by atoms with Crippen LogP contribution in [-0.2, 0) is 0 Å². The zero-order valence-electron chi connectivity index (χ0n) is 13.4. The Balaban J connectivity index is 1.43. The Kier molecular flexibility index (Phi) is 4.34. The Hall–Kier alpha value is -2.15.